The van der Waals surface area contributed by atoms with Gasteiger partial charge in [-0.1, -0.05) is 267 Å². The van der Waals surface area contributed by atoms with E-state index >= 15 is 0 Å². The highest BCUT2D eigenvalue weighted by Gasteiger charge is 2.24. The third-order valence-electron chi connectivity index (χ3n) is 12.6. The molecule has 0 aliphatic rings. The van der Waals surface area contributed by atoms with E-state index < -0.39 is 18.2 Å². The number of rotatable bonds is 50. The van der Waals surface area contributed by atoms with Gasteiger partial charge in [0.2, 0.25) is 5.91 Å². The Morgan fingerprint density at radius 3 is 1.30 bits per heavy atom. The number of nitrogens with one attached hydrogen (secondary N) is 1. The zero-order valence-electron chi connectivity index (χ0n) is 43.6. The summed E-state index contributed by atoms with van der Waals surface area (Å²) < 4.78 is 5.92. The SMILES string of the molecule is CCC/C=C/C=C/C=C/C=C/C=C/CCCCCCCC(=O)OC(CCC/C=C\CCCCCCCCC)CC(=O)NC(CO)C(O)CCCCCCCCCCCCCCCCCCC. The molecule has 0 heterocycles. The number of ether oxygens (including phenoxy) is 1. The Hall–Kier alpha value is -2.70. The summed E-state index contributed by atoms with van der Waals surface area (Å²) in [6.07, 6.45) is 68.2. The lowest BCUT2D eigenvalue weighted by atomic mass is 10.0. The molecule has 0 saturated heterocycles. The monoisotopic (exact) mass is 922 g/mol. The summed E-state index contributed by atoms with van der Waals surface area (Å²) >= 11 is 0. The summed E-state index contributed by atoms with van der Waals surface area (Å²) in [4.78, 5) is 26.2. The van der Waals surface area contributed by atoms with Crippen molar-refractivity contribution < 1.29 is 24.5 Å². The molecule has 3 N–H and O–H groups in total. The van der Waals surface area contributed by atoms with Crippen molar-refractivity contribution in [1.82, 2.24) is 5.32 Å². The number of aliphatic hydroxyl groups excluding tert-OH is 2. The lowest BCUT2D eigenvalue weighted by Gasteiger charge is -2.24. The summed E-state index contributed by atoms with van der Waals surface area (Å²) in [6.45, 7) is 6.40. The van der Waals surface area contributed by atoms with Gasteiger partial charge >= 0.3 is 5.97 Å². The summed E-state index contributed by atoms with van der Waals surface area (Å²) in [7, 11) is 0. The highest BCUT2D eigenvalue weighted by molar-refractivity contribution is 5.77. The summed E-state index contributed by atoms with van der Waals surface area (Å²) in [5.41, 5.74) is 0. The van der Waals surface area contributed by atoms with Gasteiger partial charge in [-0.25, -0.2) is 0 Å². The zero-order valence-corrected chi connectivity index (χ0v) is 43.6. The van der Waals surface area contributed by atoms with Crippen molar-refractivity contribution in [2.24, 2.45) is 0 Å². The Kier molecular flexibility index (Phi) is 51.1. The van der Waals surface area contributed by atoms with E-state index in [1.165, 1.54) is 141 Å². The van der Waals surface area contributed by atoms with Gasteiger partial charge < -0.3 is 20.3 Å². The Labute approximate surface area is 409 Å². The Bertz CT molecular complexity index is 1220. The minimum Gasteiger partial charge on any atom is -0.462 e. The second kappa shape index (κ2) is 53.3. The number of esters is 1. The van der Waals surface area contributed by atoms with Crippen LogP contribution in [0.4, 0.5) is 0 Å². The molecule has 0 bridgehead atoms. The van der Waals surface area contributed by atoms with Crippen LogP contribution in [0.1, 0.15) is 271 Å². The van der Waals surface area contributed by atoms with Crippen LogP contribution in [0, 0.1) is 0 Å². The van der Waals surface area contributed by atoms with E-state index in [2.05, 4.69) is 74.7 Å². The summed E-state index contributed by atoms with van der Waals surface area (Å²) in [5.74, 6) is -0.529. The fourth-order valence-corrected chi connectivity index (χ4v) is 8.34. The van der Waals surface area contributed by atoms with E-state index in [4.69, 9.17) is 4.74 Å². The molecule has 6 nitrogen and oxygen atoms in total. The zero-order chi connectivity index (χ0) is 48.1. The maximum Gasteiger partial charge on any atom is 0.306 e. The second-order valence-electron chi connectivity index (χ2n) is 19.1. The van der Waals surface area contributed by atoms with E-state index in [9.17, 15) is 19.8 Å². The molecular weight excluding hydrogens is 815 g/mol. The van der Waals surface area contributed by atoms with Gasteiger partial charge in [-0.3, -0.25) is 9.59 Å². The van der Waals surface area contributed by atoms with E-state index in [1.54, 1.807) is 0 Å². The van der Waals surface area contributed by atoms with Crippen LogP contribution < -0.4 is 5.32 Å². The van der Waals surface area contributed by atoms with Crippen LogP contribution >= 0.6 is 0 Å². The Morgan fingerprint density at radius 2 is 0.833 bits per heavy atom. The van der Waals surface area contributed by atoms with Crippen LogP contribution in [0.2, 0.25) is 0 Å². The van der Waals surface area contributed by atoms with Crippen LogP contribution in [0.5, 0.6) is 0 Å². The minimum atomic E-state index is -0.802. The smallest absolute Gasteiger partial charge is 0.306 e. The van der Waals surface area contributed by atoms with Gasteiger partial charge in [0.1, 0.15) is 6.10 Å². The first-order valence-corrected chi connectivity index (χ1v) is 28.2. The van der Waals surface area contributed by atoms with Gasteiger partial charge in [0.05, 0.1) is 25.2 Å². The van der Waals surface area contributed by atoms with Crippen molar-refractivity contribution in [2.75, 3.05) is 6.61 Å². The maximum atomic E-state index is 13.2. The van der Waals surface area contributed by atoms with Crippen molar-refractivity contribution in [3.05, 3.63) is 72.9 Å². The molecule has 0 aromatic rings. The molecule has 3 atom stereocenters. The topological polar surface area (TPSA) is 95.9 Å². The lowest BCUT2D eigenvalue weighted by Crippen LogP contribution is -2.46. The predicted octanol–water partition coefficient (Wildman–Crippen LogP) is 17.3. The van der Waals surface area contributed by atoms with Crippen molar-refractivity contribution in [2.45, 2.75) is 289 Å². The van der Waals surface area contributed by atoms with Gasteiger partial charge in [-0.15, -0.1) is 0 Å². The predicted molar refractivity (Wildman–Crippen MR) is 287 cm³/mol. The highest BCUT2D eigenvalue weighted by Crippen LogP contribution is 2.18. The standard InChI is InChI=1S/C60H107NO5/c1-4-7-10-13-16-19-22-25-27-29-31-33-35-38-41-44-47-50-53-60(65)66-56(51-48-45-42-39-36-24-21-18-15-12-9-6-3)54-59(64)61-57(55-62)58(63)52-49-46-43-40-37-34-32-30-28-26-23-20-17-14-11-8-5-2/h10,13,16,19,22,25,27,29,31,33,39,42,56-58,62-63H,4-9,11-12,14-15,17-18,20-21,23-24,26,28,30,32,34-38,40-41,43-55H2,1-3H3,(H,61,64)/b13-10+,19-16+,25-22+,29-27+,33-31+,42-39-. The maximum absolute atomic E-state index is 13.2. The number of carbonyl (C=O) groups excluding carboxylic acids is 2. The Balaban J connectivity index is 4.57. The molecule has 0 rings (SSSR count). The van der Waals surface area contributed by atoms with Crippen molar-refractivity contribution >= 4 is 11.9 Å². The normalized spacial score (nSPS) is 13.7. The first-order chi connectivity index (χ1) is 32.5. The molecule has 0 aromatic carbocycles. The van der Waals surface area contributed by atoms with Crippen LogP contribution in [0.15, 0.2) is 72.9 Å². The third-order valence-corrected chi connectivity index (χ3v) is 12.6. The van der Waals surface area contributed by atoms with Crippen LogP contribution in [0.3, 0.4) is 0 Å². The second-order valence-corrected chi connectivity index (χ2v) is 19.1. The molecule has 0 aromatic heterocycles. The average Bonchev–Trinajstić information content (AvgIpc) is 3.31. The molecule has 0 fully saturated rings. The van der Waals surface area contributed by atoms with Gasteiger partial charge in [0.25, 0.3) is 0 Å². The lowest BCUT2D eigenvalue weighted by molar-refractivity contribution is -0.151. The molecule has 3 unspecified atom stereocenters. The highest BCUT2D eigenvalue weighted by atomic mass is 16.5. The Morgan fingerprint density at radius 1 is 0.439 bits per heavy atom. The number of hydrogen-bond donors (Lipinski definition) is 3. The van der Waals surface area contributed by atoms with E-state index in [-0.39, 0.29) is 24.9 Å². The fourth-order valence-electron chi connectivity index (χ4n) is 8.34. The number of amides is 1. The molecule has 0 radical (unpaired) electrons. The molecule has 0 aliphatic heterocycles. The van der Waals surface area contributed by atoms with Gasteiger partial charge in [0.15, 0.2) is 0 Å². The molecule has 382 valence electrons. The number of aliphatic hydroxyl groups is 2. The van der Waals surface area contributed by atoms with Crippen molar-refractivity contribution in [3.8, 4) is 0 Å². The van der Waals surface area contributed by atoms with E-state index in [0.717, 1.165) is 83.5 Å². The van der Waals surface area contributed by atoms with E-state index in [1.807, 2.05) is 24.3 Å². The minimum absolute atomic E-state index is 0.0442. The van der Waals surface area contributed by atoms with Crippen LogP contribution in [-0.4, -0.2) is 46.9 Å². The largest absolute Gasteiger partial charge is 0.462 e. The fraction of sp³-hybridized carbons (Fsp3) is 0.767. The van der Waals surface area contributed by atoms with Gasteiger partial charge in [-0.05, 0) is 64.2 Å². The van der Waals surface area contributed by atoms with Gasteiger partial charge in [-0.2, -0.15) is 0 Å². The summed E-state index contributed by atoms with van der Waals surface area (Å²) in [5, 5.41) is 23.9. The molecular formula is C60H107NO5. The molecule has 1 amide bonds. The number of carbonyl (C=O) groups is 2. The van der Waals surface area contributed by atoms with E-state index in [0.29, 0.717) is 19.3 Å². The third kappa shape index (κ3) is 47.8. The summed E-state index contributed by atoms with van der Waals surface area (Å²) in [6, 6.07) is -0.719. The molecule has 0 aliphatic carbocycles. The van der Waals surface area contributed by atoms with Crippen molar-refractivity contribution in [1.29, 1.82) is 0 Å². The molecule has 0 spiro atoms. The van der Waals surface area contributed by atoms with Gasteiger partial charge in [0, 0.05) is 6.42 Å². The number of hydrogen-bond acceptors (Lipinski definition) is 5. The van der Waals surface area contributed by atoms with Crippen LogP contribution in [0.25, 0.3) is 0 Å². The number of allylic oxidation sites excluding steroid dienone is 12. The van der Waals surface area contributed by atoms with Crippen LogP contribution in [-0.2, 0) is 14.3 Å². The van der Waals surface area contributed by atoms with Crippen molar-refractivity contribution in [3.63, 3.8) is 0 Å². The molecule has 0 saturated carbocycles. The average molecular weight is 923 g/mol. The number of unbranched alkanes of at least 4 members (excludes halogenated alkanes) is 30. The first kappa shape index (κ1) is 63.3. The quantitative estimate of drug-likeness (QED) is 0.0244. The molecule has 6 heteroatoms. The first-order valence-electron chi connectivity index (χ1n) is 28.2. The molecule has 66 heavy (non-hydrogen) atoms.